The van der Waals surface area contributed by atoms with Crippen molar-refractivity contribution in [3.63, 3.8) is 0 Å². The van der Waals surface area contributed by atoms with E-state index in [9.17, 15) is 0 Å². The molecule has 27 heavy (non-hydrogen) atoms. The molecule has 0 atom stereocenters. The zero-order valence-electron chi connectivity index (χ0n) is 16.6. The lowest BCUT2D eigenvalue weighted by molar-refractivity contribution is 0.0374. The molecule has 2 aliphatic heterocycles. The lowest BCUT2D eigenvalue weighted by Crippen LogP contribution is -2.40. The maximum absolute atomic E-state index is 5.38. The van der Waals surface area contributed by atoms with Crippen LogP contribution in [0.5, 0.6) is 0 Å². The second kappa shape index (κ2) is 12.4. The minimum Gasteiger partial charge on any atom is -0.379 e. The van der Waals surface area contributed by atoms with Gasteiger partial charge in [0, 0.05) is 52.4 Å². The molecule has 2 N–H and O–H groups in total. The normalized spacial score (nSPS) is 19.4. The van der Waals surface area contributed by atoms with Gasteiger partial charge in [-0.05, 0) is 30.6 Å². The standard InChI is InChI=1S/C21H36N4O2/c1(8-24-10-14-26-15-11-24)6-22-18-20-2-4-21(5-3-20)19-23-7-9-25-12-16-27-17-13-25/h2-5,22-23H,1,6-19H2. The van der Waals surface area contributed by atoms with Gasteiger partial charge in [-0.3, -0.25) is 9.80 Å². The summed E-state index contributed by atoms with van der Waals surface area (Å²) in [6, 6.07) is 8.97. The van der Waals surface area contributed by atoms with Crippen LogP contribution in [-0.4, -0.2) is 88.6 Å². The third kappa shape index (κ3) is 8.25. The van der Waals surface area contributed by atoms with Gasteiger partial charge < -0.3 is 20.1 Å². The summed E-state index contributed by atoms with van der Waals surface area (Å²) in [6.07, 6.45) is 1.20. The van der Waals surface area contributed by atoms with Crippen molar-refractivity contribution in [2.75, 3.05) is 78.8 Å². The molecular formula is C21H36N4O2. The molecule has 1 aromatic carbocycles. The predicted octanol–water partition coefficient (Wildman–Crippen LogP) is 0.920. The Balaban J connectivity index is 1.21. The molecule has 3 rings (SSSR count). The fourth-order valence-electron chi connectivity index (χ4n) is 3.55. The van der Waals surface area contributed by atoms with Crippen molar-refractivity contribution in [2.45, 2.75) is 19.5 Å². The van der Waals surface area contributed by atoms with Crippen LogP contribution in [0.4, 0.5) is 0 Å². The van der Waals surface area contributed by atoms with E-state index in [0.717, 1.165) is 85.3 Å². The Morgan fingerprint density at radius 2 is 1.15 bits per heavy atom. The van der Waals surface area contributed by atoms with E-state index in [1.807, 2.05) is 0 Å². The van der Waals surface area contributed by atoms with Crippen LogP contribution in [-0.2, 0) is 22.6 Å². The van der Waals surface area contributed by atoms with E-state index < -0.39 is 0 Å². The first-order chi connectivity index (χ1) is 13.4. The van der Waals surface area contributed by atoms with E-state index in [4.69, 9.17) is 9.47 Å². The SMILES string of the molecule is c1cc(CNCCN2CCOCC2)ccc1CNCCCN1CCOCC1. The maximum Gasteiger partial charge on any atom is 0.0594 e. The van der Waals surface area contributed by atoms with Crippen LogP contribution >= 0.6 is 0 Å². The van der Waals surface area contributed by atoms with Crippen LogP contribution in [0.3, 0.4) is 0 Å². The lowest BCUT2D eigenvalue weighted by Gasteiger charge is -2.26. The molecule has 1 aromatic rings. The second-order valence-corrected chi connectivity index (χ2v) is 7.43. The van der Waals surface area contributed by atoms with Gasteiger partial charge in [-0.15, -0.1) is 0 Å². The fraction of sp³-hybridized carbons (Fsp3) is 0.714. The first kappa shape index (κ1) is 20.7. The highest BCUT2D eigenvalue weighted by Crippen LogP contribution is 2.04. The molecule has 0 bridgehead atoms. The Bertz CT molecular complexity index is 499. The smallest absolute Gasteiger partial charge is 0.0594 e. The van der Waals surface area contributed by atoms with Crippen LogP contribution in [0.1, 0.15) is 17.5 Å². The molecular weight excluding hydrogens is 340 g/mol. The van der Waals surface area contributed by atoms with Crippen LogP contribution in [0.25, 0.3) is 0 Å². The average molecular weight is 377 g/mol. The van der Waals surface area contributed by atoms with Crippen molar-refractivity contribution in [3.05, 3.63) is 35.4 Å². The van der Waals surface area contributed by atoms with Crippen molar-refractivity contribution in [2.24, 2.45) is 0 Å². The topological polar surface area (TPSA) is 49.0 Å². The molecule has 0 unspecified atom stereocenters. The van der Waals surface area contributed by atoms with Gasteiger partial charge in [-0.2, -0.15) is 0 Å². The quantitative estimate of drug-likeness (QED) is 0.560. The molecule has 2 fully saturated rings. The second-order valence-electron chi connectivity index (χ2n) is 7.43. The number of nitrogens with one attached hydrogen (secondary N) is 2. The van der Waals surface area contributed by atoms with Crippen molar-refractivity contribution in [1.82, 2.24) is 20.4 Å². The number of hydrogen-bond donors (Lipinski definition) is 2. The Labute approximate surface area is 164 Å². The fourth-order valence-corrected chi connectivity index (χ4v) is 3.55. The van der Waals surface area contributed by atoms with Crippen LogP contribution in [0.15, 0.2) is 24.3 Å². The van der Waals surface area contributed by atoms with E-state index in [1.165, 1.54) is 24.1 Å². The average Bonchev–Trinajstić information content (AvgIpc) is 2.73. The number of hydrogen-bond acceptors (Lipinski definition) is 6. The van der Waals surface area contributed by atoms with E-state index in [1.54, 1.807) is 0 Å². The summed E-state index contributed by atoms with van der Waals surface area (Å²) in [5.74, 6) is 0. The van der Waals surface area contributed by atoms with Gasteiger partial charge >= 0.3 is 0 Å². The summed E-state index contributed by atoms with van der Waals surface area (Å²) in [4.78, 5) is 4.95. The molecule has 2 aliphatic rings. The molecule has 2 heterocycles. The first-order valence-corrected chi connectivity index (χ1v) is 10.5. The monoisotopic (exact) mass is 376 g/mol. The Morgan fingerprint density at radius 1 is 0.667 bits per heavy atom. The zero-order chi connectivity index (χ0) is 18.6. The van der Waals surface area contributed by atoms with Gasteiger partial charge in [0.1, 0.15) is 0 Å². The molecule has 0 aliphatic carbocycles. The molecule has 0 radical (unpaired) electrons. The van der Waals surface area contributed by atoms with E-state index >= 15 is 0 Å². The van der Waals surface area contributed by atoms with Crippen molar-refractivity contribution in [1.29, 1.82) is 0 Å². The molecule has 152 valence electrons. The molecule has 6 heteroatoms. The molecule has 6 nitrogen and oxygen atoms in total. The largest absolute Gasteiger partial charge is 0.379 e. The van der Waals surface area contributed by atoms with Gasteiger partial charge in [-0.1, -0.05) is 24.3 Å². The minimum atomic E-state index is 0.878. The van der Waals surface area contributed by atoms with Gasteiger partial charge in [0.15, 0.2) is 0 Å². The summed E-state index contributed by atoms with van der Waals surface area (Å²) >= 11 is 0. The van der Waals surface area contributed by atoms with Gasteiger partial charge in [0.2, 0.25) is 0 Å². The summed E-state index contributed by atoms with van der Waals surface area (Å²) in [6.45, 7) is 14.1. The van der Waals surface area contributed by atoms with E-state index in [0.29, 0.717) is 0 Å². The number of rotatable bonds is 11. The summed E-state index contributed by atoms with van der Waals surface area (Å²) in [5.41, 5.74) is 2.71. The van der Waals surface area contributed by atoms with Crippen LogP contribution in [0, 0.1) is 0 Å². The van der Waals surface area contributed by atoms with Crippen LogP contribution in [0.2, 0.25) is 0 Å². The highest BCUT2D eigenvalue weighted by molar-refractivity contribution is 5.22. The van der Waals surface area contributed by atoms with E-state index in [-0.39, 0.29) is 0 Å². The Morgan fingerprint density at radius 3 is 1.70 bits per heavy atom. The van der Waals surface area contributed by atoms with Gasteiger partial charge in [0.05, 0.1) is 26.4 Å². The van der Waals surface area contributed by atoms with Crippen molar-refractivity contribution >= 4 is 0 Å². The number of morpholine rings is 2. The summed E-state index contributed by atoms with van der Waals surface area (Å²) in [5, 5.41) is 7.11. The third-order valence-electron chi connectivity index (χ3n) is 5.32. The molecule has 0 spiro atoms. The van der Waals surface area contributed by atoms with Crippen molar-refractivity contribution < 1.29 is 9.47 Å². The van der Waals surface area contributed by atoms with Gasteiger partial charge in [-0.25, -0.2) is 0 Å². The molecule has 2 saturated heterocycles. The predicted molar refractivity (Wildman–Crippen MR) is 109 cm³/mol. The summed E-state index contributed by atoms with van der Waals surface area (Å²) < 4.78 is 10.8. The maximum atomic E-state index is 5.38. The Hall–Kier alpha value is -1.02. The molecule has 0 saturated carbocycles. The minimum absolute atomic E-state index is 0.878. The summed E-state index contributed by atoms with van der Waals surface area (Å²) in [7, 11) is 0. The van der Waals surface area contributed by atoms with Gasteiger partial charge in [0.25, 0.3) is 0 Å². The number of nitrogens with zero attached hydrogens (tertiary/aromatic N) is 2. The van der Waals surface area contributed by atoms with Crippen molar-refractivity contribution in [3.8, 4) is 0 Å². The number of benzene rings is 1. The van der Waals surface area contributed by atoms with Crippen LogP contribution < -0.4 is 10.6 Å². The number of ether oxygens (including phenoxy) is 2. The highest BCUT2D eigenvalue weighted by Gasteiger charge is 2.09. The highest BCUT2D eigenvalue weighted by atomic mass is 16.5. The first-order valence-electron chi connectivity index (χ1n) is 10.5. The van der Waals surface area contributed by atoms with E-state index in [2.05, 4.69) is 44.7 Å². The Kier molecular flexibility index (Phi) is 9.54. The lowest BCUT2D eigenvalue weighted by atomic mass is 10.1. The third-order valence-corrected chi connectivity index (χ3v) is 5.32. The molecule has 0 amide bonds. The zero-order valence-corrected chi connectivity index (χ0v) is 16.6. The molecule has 0 aromatic heterocycles.